The first-order chi connectivity index (χ1) is 8.11. The molecule has 6 heteroatoms. The highest BCUT2D eigenvalue weighted by atomic mass is 35.5. The maximum Gasteiger partial charge on any atom is 0.338 e. The standard InChI is InChI=1S/C12H15ClN2O3/c1-6-8(13)5-7(11(17)18)9(14-6)10(16)15-12(2,3)4/h5H,1-4H3,(H,15,16)(H,17,18). The molecule has 98 valence electrons. The number of carboxylic acids is 1. The summed E-state index contributed by atoms with van der Waals surface area (Å²) in [7, 11) is 0. The van der Waals surface area contributed by atoms with Gasteiger partial charge in [-0.05, 0) is 33.8 Å². The number of nitrogens with zero attached hydrogens (tertiary/aromatic N) is 1. The maximum atomic E-state index is 12.0. The summed E-state index contributed by atoms with van der Waals surface area (Å²) in [6.07, 6.45) is 0. The SMILES string of the molecule is Cc1nc(C(=O)NC(C)(C)C)c(C(=O)O)cc1Cl. The molecular formula is C12H15ClN2O3. The van der Waals surface area contributed by atoms with E-state index >= 15 is 0 Å². The van der Waals surface area contributed by atoms with Crippen LogP contribution in [0.4, 0.5) is 0 Å². The molecule has 0 saturated heterocycles. The van der Waals surface area contributed by atoms with Crippen LogP contribution >= 0.6 is 11.6 Å². The largest absolute Gasteiger partial charge is 0.478 e. The van der Waals surface area contributed by atoms with Crippen molar-refractivity contribution >= 4 is 23.5 Å². The zero-order valence-electron chi connectivity index (χ0n) is 10.7. The number of aryl methyl sites for hydroxylation is 1. The van der Waals surface area contributed by atoms with Gasteiger partial charge in [0.2, 0.25) is 0 Å². The van der Waals surface area contributed by atoms with Crippen LogP contribution in [-0.2, 0) is 0 Å². The second-order valence-electron chi connectivity index (χ2n) is 4.96. The number of carbonyl (C=O) groups is 2. The Labute approximate surface area is 110 Å². The molecule has 0 aliphatic rings. The van der Waals surface area contributed by atoms with Crippen LogP contribution in [0.15, 0.2) is 6.07 Å². The lowest BCUT2D eigenvalue weighted by molar-refractivity contribution is 0.0688. The van der Waals surface area contributed by atoms with E-state index in [4.69, 9.17) is 16.7 Å². The second-order valence-corrected chi connectivity index (χ2v) is 5.37. The molecule has 0 saturated carbocycles. The molecule has 0 spiro atoms. The van der Waals surface area contributed by atoms with Gasteiger partial charge in [0.25, 0.3) is 5.91 Å². The average Bonchev–Trinajstić information content (AvgIpc) is 2.18. The molecule has 1 aromatic rings. The van der Waals surface area contributed by atoms with Gasteiger partial charge in [-0.3, -0.25) is 4.79 Å². The Morgan fingerprint density at radius 1 is 1.39 bits per heavy atom. The van der Waals surface area contributed by atoms with E-state index < -0.39 is 17.4 Å². The molecule has 1 rings (SSSR count). The summed E-state index contributed by atoms with van der Waals surface area (Å²) in [6.45, 7) is 7.01. The monoisotopic (exact) mass is 270 g/mol. The van der Waals surface area contributed by atoms with Crippen LogP contribution in [0.1, 0.15) is 47.3 Å². The number of hydrogen-bond acceptors (Lipinski definition) is 3. The first-order valence-corrected chi connectivity index (χ1v) is 5.72. The van der Waals surface area contributed by atoms with Crippen molar-refractivity contribution in [2.24, 2.45) is 0 Å². The smallest absolute Gasteiger partial charge is 0.338 e. The lowest BCUT2D eigenvalue weighted by Gasteiger charge is -2.20. The van der Waals surface area contributed by atoms with Gasteiger partial charge in [-0.15, -0.1) is 0 Å². The summed E-state index contributed by atoms with van der Waals surface area (Å²) in [5.41, 5.74) is -0.380. The van der Waals surface area contributed by atoms with Crippen molar-refractivity contribution in [2.75, 3.05) is 0 Å². The van der Waals surface area contributed by atoms with E-state index in [1.54, 1.807) is 27.7 Å². The fraction of sp³-hybridized carbons (Fsp3) is 0.417. The molecule has 0 unspecified atom stereocenters. The van der Waals surface area contributed by atoms with Crippen molar-refractivity contribution in [3.05, 3.63) is 28.0 Å². The first-order valence-electron chi connectivity index (χ1n) is 5.35. The van der Waals surface area contributed by atoms with Gasteiger partial charge >= 0.3 is 5.97 Å². The lowest BCUT2D eigenvalue weighted by atomic mass is 10.1. The Morgan fingerprint density at radius 3 is 2.39 bits per heavy atom. The first kappa shape index (κ1) is 14.4. The zero-order chi connectivity index (χ0) is 14.1. The van der Waals surface area contributed by atoms with Crippen LogP contribution in [-0.4, -0.2) is 27.5 Å². The minimum absolute atomic E-state index is 0.126. The Kier molecular flexibility index (Phi) is 3.96. The molecule has 2 N–H and O–H groups in total. The number of aromatic nitrogens is 1. The summed E-state index contributed by atoms with van der Waals surface area (Å²) in [5, 5.41) is 11.9. The zero-order valence-corrected chi connectivity index (χ0v) is 11.4. The maximum absolute atomic E-state index is 12.0. The van der Waals surface area contributed by atoms with Crippen molar-refractivity contribution < 1.29 is 14.7 Å². The number of rotatable bonds is 2. The molecule has 0 bridgehead atoms. The van der Waals surface area contributed by atoms with Crippen LogP contribution in [0.5, 0.6) is 0 Å². The quantitative estimate of drug-likeness (QED) is 0.864. The van der Waals surface area contributed by atoms with E-state index in [1.165, 1.54) is 6.07 Å². The van der Waals surface area contributed by atoms with Crippen LogP contribution in [0, 0.1) is 6.92 Å². The van der Waals surface area contributed by atoms with Crippen LogP contribution < -0.4 is 5.32 Å². The molecule has 0 aromatic carbocycles. The van der Waals surface area contributed by atoms with E-state index in [-0.39, 0.29) is 16.3 Å². The summed E-state index contributed by atoms with van der Waals surface area (Å²) >= 11 is 5.81. The van der Waals surface area contributed by atoms with Crippen molar-refractivity contribution in [1.29, 1.82) is 0 Å². The lowest BCUT2D eigenvalue weighted by Crippen LogP contribution is -2.41. The van der Waals surface area contributed by atoms with Gasteiger partial charge < -0.3 is 10.4 Å². The normalized spacial score (nSPS) is 11.2. The minimum Gasteiger partial charge on any atom is -0.478 e. The van der Waals surface area contributed by atoms with E-state index in [1.807, 2.05) is 0 Å². The van der Waals surface area contributed by atoms with Crippen molar-refractivity contribution in [3.8, 4) is 0 Å². The predicted octanol–water partition coefficient (Wildman–Crippen LogP) is 2.27. The van der Waals surface area contributed by atoms with Crippen LogP contribution in [0.3, 0.4) is 0 Å². The Hall–Kier alpha value is -1.62. The summed E-state index contributed by atoms with van der Waals surface area (Å²) < 4.78 is 0. The summed E-state index contributed by atoms with van der Waals surface area (Å²) in [6, 6.07) is 1.24. The van der Waals surface area contributed by atoms with Gasteiger partial charge in [-0.25, -0.2) is 9.78 Å². The highest BCUT2D eigenvalue weighted by Crippen LogP contribution is 2.18. The van der Waals surface area contributed by atoms with Crippen LogP contribution in [0.25, 0.3) is 0 Å². The van der Waals surface area contributed by atoms with E-state index in [9.17, 15) is 9.59 Å². The Bertz CT molecular complexity index is 507. The van der Waals surface area contributed by atoms with E-state index in [0.717, 1.165) is 0 Å². The highest BCUT2D eigenvalue weighted by molar-refractivity contribution is 6.31. The molecule has 18 heavy (non-hydrogen) atoms. The molecule has 1 amide bonds. The Morgan fingerprint density at radius 2 is 1.94 bits per heavy atom. The highest BCUT2D eigenvalue weighted by Gasteiger charge is 2.23. The second kappa shape index (κ2) is 4.94. The van der Waals surface area contributed by atoms with Gasteiger partial charge in [0.05, 0.1) is 16.3 Å². The molecule has 0 aliphatic carbocycles. The molecule has 1 heterocycles. The van der Waals surface area contributed by atoms with Crippen molar-refractivity contribution in [3.63, 3.8) is 0 Å². The molecule has 0 fully saturated rings. The number of pyridine rings is 1. The third-order valence-corrected chi connectivity index (χ3v) is 2.47. The van der Waals surface area contributed by atoms with Crippen molar-refractivity contribution in [2.45, 2.75) is 33.2 Å². The average molecular weight is 271 g/mol. The van der Waals surface area contributed by atoms with Crippen LogP contribution in [0.2, 0.25) is 5.02 Å². The predicted molar refractivity (Wildman–Crippen MR) is 68.2 cm³/mol. The number of halogens is 1. The third-order valence-electron chi connectivity index (χ3n) is 2.09. The number of carbonyl (C=O) groups excluding carboxylic acids is 1. The summed E-state index contributed by atoms with van der Waals surface area (Å²) in [5.74, 6) is -1.76. The fourth-order valence-electron chi connectivity index (χ4n) is 1.32. The van der Waals surface area contributed by atoms with Gasteiger partial charge in [0.15, 0.2) is 0 Å². The van der Waals surface area contributed by atoms with Gasteiger partial charge in [0, 0.05) is 5.54 Å². The molecule has 0 atom stereocenters. The Balaban J connectivity index is 3.26. The third kappa shape index (κ3) is 3.43. The topological polar surface area (TPSA) is 79.3 Å². The van der Waals surface area contributed by atoms with Gasteiger partial charge in [-0.1, -0.05) is 11.6 Å². The molecule has 1 aromatic heterocycles. The fourth-order valence-corrected chi connectivity index (χ4v) is 1.47. The summed E-state index contributed by atoms with van der Waals surface area (Å²) in [4.78, 5) is 27.0. The number of amides is 1. The number of carboxylic acid groups (broad SMARTS) is 1. The van der Waals surface area contributed by atoms with Gasteiger partial charge in [-0.2, -0.15) is 0 Å². The number of aromatic carboxylic acids is 1. The van der Waals surface area contributed by atoms with Gasteiger partial charge in [0.1, 0.15) is 5.69 Å². The van der Waals surface area contributed by atoms with Crippen molar-refractivity contribution in [1.82, 2.24) is 10.3 Å². The molecule has 0 aliphatic heterocycles. The van der Waals surface area contributed by atoms with E-state index in [0.29, 0.717) is 5.69 Å². The number of nitrogens with one attached hydrogen (secondary N) is 1. The molecule has 0 radical (unpaired) electrons. The van der Waals surface area contributed by atoms with E-state index in [2.05, 4.69) is 10.3 Å². The molecular weight excluding hydrogens is 256 g/mol. The molecule has 5 nitrogen and oxygen atoms in total. The number of hydrogen-bond donors (Lipinski definition) is 2. The minimum atomic E-state index is -1.23.